The minimum atomic E-state index is -0.920. The third-order valence-electron chi connectivity index (χ3n) is 2.82. The van der Waals surface area contributed by atoms with Crippen LogP contribution in [0.5, 0.6) is 0 Å². The SMILES string of the molecule is Cc1cc(-c2nnnn2CC(C)C(=O)O)ccc1F. The Labute approximate surface area is 108 Å². The number of carbonyl (C=O) groups is 1. The first-order valence-electron chi connectivity index (χ1n) is 5.74. The largest absolute Gasteiger partial charge is 0.481 e. The van der Waals surface area contributed by atoms with Crippen LogP contribution in [0.25, 0.3) is 11.4 Å². The minimum Gasteiger partial charge on any atom is -0.481 e. The quantitative estimate of drug-likeness (QED) is 0.905. The number of nitrogens with zero attached hydrogens (tertiary/aromatic N) is 4. The molecule has 7 heteroatoms. The van der Waals surface area contributed by atoms with E-state index in [1.54, 1.807) is 26.0 Å². The minimum absolute atomic E-state index is 0.161. The summed E-state index contributed by atoms with van der Waals surface area (Å²) in [6.45, 7) is 3.38. The molecule has 2 aromatic rings. The van der Waals surface area contributed by atoms with Gasteiger partial charge in [-0.1, -0.05) is 6.92 Å². The predicted molar refractivity (Wildman–Crippen MR) is 64.7 cm³/mol. The molecule has 19 heavy (non-hydrogen) atoms. The van der Waals surface area contributed by atoms with Crippen molar-refractivity contribution in [3.05, 3.63) is 29.6 Å². The third kappa shape index (κ3) is 2.75. The molecule has 0 spiro atoms. The Bertz CT molecular complexity index is 612. The van der Waals surface area contributed by atoms with Crippen molar-refractivity contribution in [3.63, 3.8) is 0 Å². The second-order valence-electron chi connectivity index (χ2n) is 4.39. The van der Waals surface area contributed by atoms with Crippen LogP contribution in [-0.2, 0) is 11.3 Å². The van der Waals surface area contributed by atoms with Gasteiger partial charge in [0.2, 0.25) is 0 Å². The van der Waals surface area contributed by atoms with Crippen molar-refractivity contribution in [1.29, 1.82) is 0 Å². The van der Waals surface area contributed by atoms with Gasteiger partial charge in [-0.15, -0.1) is 5.10 Å². The van der Waals surface area contributed by atoms with E-state index in [1.165, 1.54) is 10.7 Å². The molecule has 1 aromatic carbocycles. The molecule has 1 unspecified atom stereocenters. The van der Waals surface area contributed by atoms with Crippen LogP contribution in [-0.4, -0.2) is 31.3 Å². The second-order valence-corrected chi connectivity index (χ2v) is 4.39. The van der Waals surface area contributed by atoms with Gasteiger partial charge in [-0.2, -0.15) is 0 Å². The van der Waals surface area contributed by atoms with Gasteiger partial charge in [0.1, 0.15) is 5.82 Å². The second kappa shape index (κ2) is 5.13. The first-order valence-corrected chi connectivity index (χ1v) is 5.74. The Morgan fingerprint density at radius 1 is 1.53 bits per heavy atom. The lowest BCUT2D eigenvalue weighted by atomic mass is 10.1. The highest BCUT2D eigenvalue weighted by Crippen LogP contribution is 2.19. The molecule has 1 aromatic heterocycles. The zero-order chi connectivity index (χ0) is 14.0. The molecular formula is C12H13FN4O2. The van der Waals surface area contributed by atoms with Crippen LogP contribution in [0, 0.1) is 18.7 Å². The average molecular weight is 264 g/mol. The van der Waals surface area contributed by atoms with Gasteiger partial charge in [0.25, 0.3) is 0 Å². The Morgan fingerprint density at radius 3 is 2.89 bits per heavy atom. The van der Waals surface area contributed by atoms with Crippen LogP contribution in [0.15, 0.2) is 18.2 Å². The van der Waals surface area contributed by atoms with E-state index < -0.39 is 11.9 Å². The Morgan fingerprint density at radius 2 is 2.26 bits per heavy atom. The number of carboxylic acid groups (broad SMARTS) is 1. The zero-order valence-electron chi connectivity index (χ0n) is 10.5. The van der Waals surface area contributed by atoms with E-state index in [4.69, 9.17) is 5.11 Å². The van der Waals surface area contributed by atoms with Gasteiger partial charge in [0.15, 0.2) is 5.82 Å². The highest BCUT2D eigenvalue weighted by atomic mass is 19.1. The summed E-state index contributed by atoms with van der Waals surface area (Å²) in [5, 5.41) is 20.1. The van der Waals surface area contributed by atoms with E-state index >= 15 is 0 Å². The van der Waals surface area contributed by atoms with Crippen molar-refractivity contribution >= 4 is 5.97 Å². The van der Waals surface area contributed by atoms with Gasteiger partial charge in [0, 0.05) is 5.56 Å². The highest BCUT2D eigenvalue weighted by molar-refractivity contribution is 5.69. The summed E-state index contributed by atoms with van der Waals surface area (Å²) < 4.78 is 14.6. The summed E-state index contributed by atoms with van der Waals surface area (Å²) >= 11 is 0. The fraction of sp³-hybridized carbons (Fsp3) is 0.333. The number of rotatable bonds is 4. The van der Waals surface area contributed by atoms with Crippen LogP contribution in [0.1, 0.15) is 12.5 Å². The van der Waals surface area contributed by atoms with Crippen LogP contribution in [0.2, 0.25) is 0 Å². The van der Waals surface area contributed by atoms with E-state index in [9.17, 15) is 9.18 Å². The molecule has 1 heterocycles. The molecule has 0 amide bonds. The number of aryl methyl sites for hydroxylation is 1. The van der Waals surface area contributed by atoms with Crippen molar-refractivity contribution in [2.75, 3.05) is 0 Å². The topological polar surface area (TPSA) is 80.9 Å². The highest BCUT2D eigenvalue weighted by Gasteiger charge is 2.16. The number of halogens is 1. The van der Waals surface area contributed by atoms with Gasteiger partial charge in [-0.3, -0.25) is 4.79 Å². The molecule has 0 aliphatic heterocycles. The van der Waals surface area contributed by atoms with E-state index in [2.05, 4.69) is 15.5 Å². The van der Waals surface area contributed by atoms with Gasteiger partial charge in [0.05, 0.1) is 12.5 Å². The van der Waals surface area contributed by atoms with Crippen LogP contribution >= 0.6 is 0 Å². The number of aliphatic carboxylic acids is 1. The monoisotopic (exact) mass is 264 g/mol. The molecule has 0 aliphatic rings. The molecule has 6 nitrogen and oxygen atoms in total. The summed E-state index contributed by atoms with van der Waals surface area (Å²) in [4.78, 5) is 10.8. The van der Waals surface area contributed by atoms with Crippen LogP contribution < -0.4 is 0 Å². The fourth-order valence-electron chi connectivity index (χ4n) is 1.66. The first-order chi connectivity index (χ1) is 8.99. The lowest BCUT2D eigenvalue weighted by molar-refractivity contribution is -0.141. The Hall–Kier alpha value is -2.31. The number of carboxylic acids is 1. The van der Waals surface area contributed by atoms with E-state index in [1.807, 2.05) is 0 Å². The Balaban J connectivity index is 2.33. The van der Waals surface area contributed by atoms with Crippen molar-refractivity contribution in [1.82, 2.24) is 20.2 Å². The molecule has 0 saturated carbocycles. The predicted octanol–water partition coefficient (Wildman–Crippen LogP) is 1.51. The number of hydrogen-bond acceptors (Lipinski definition) is 4. The zero-order valence-corrected chi connectivity index (χ0v) is 10.5. The molecule has 1 N–H and O–H groups in total. The molecule has 0 saturated heterocycles. The summed E-state index contributed by atoms with van der Waals surface area (Å²) in [5.74, 6) is -1.40. The van der Waals surface area contributed by atoms with Gasteiger partial charge < -0.3 is 5.11 Å². The summed E-state index contributed by atoms with van der Waals surface area (Å²) in [6.07, 6.45) is 0. The summed E-state index contributed by atoms with van der Waals surface area (Å²) in [7, 11) is 0. The van der Waals surface area contributed by atoms with E-state index in [0.29, 0.717) is 17.0 Å². The molecule has 0 bridgehead atoms. The molecule has 0 aliphatic carbocycles. The maximum atomic E-state index is 13.2. The molecule has 2 rings (SSSR count). The lowest BCUT2D eigenvalue weighted by Gasteiger charge is -2.08. The normalized spacial score (nSPS) is 12.4. The lowest BCUT2D eigenvalue weighted by Crippen LogP contribution is -2.18. The smallest absolute Gasteiger partial charge is 0.308 e. The fourth-order valence-corrected chi connectivity index (χ4v) is 1.66. The standard InChI is InChI=1S/C12H13FN4O2/c1-7-5-9(3-4-10(7)13)11-14-15-16-17(11)6-8(2)12(18)19/h3-5,8H,6H2,1-2H3,(H,18,19). The number of tetrazole rings is 1. The number of aromatic nitrogens is 4. The number of hydrogen-bond donors (Lipinski definition) is 1. The van der Waals surface area contributed by atoms with E-state index in [-0.39, 0.29) is 12.4 Å². The maximum absolute atomic E-state index is 13.2. The maximum Gasteiger partial charge on any atom is 0.308 e. The van der Waals surface area contributed by atoms with E-state index in [0.717, 1.165) is 0 Å². The molecule has 100 valence electrons. The van der Waals surface area contributed by atoms with Crippen molar-refractivity contribution in [2.24, 2.45) is 5.92 Å². The van der Waals surface area contributed by atoms with Crippen molar-refractivity contribution < 1.29 is 14.3 Å². The third-order valence-corrected chi connectivity index (χ3v) is 2.82. The molecule has 0 fully saturated rings. The van der Waals surface area contributed by atoms with Crippen molar-refractivity contribution in [2.45, 2.75) is 20.4 Å². The van der Waals surface area contributed by atoms with Crippen molar-refractivity contribution in [3.8, 4) is 11.4 Å². The van der Waals surface area contributed by atoms with Gasteiger partial charge in [-0.05, 0) is 41.1 Å². The summed E-state index contributed by atoms with van der Waals surface area (Å²) in [6, 6.07) is 4.53. The average Bonchev–Trinajstić information content (AvgIpc) is 2.80. The summed E-state index contributed by atoms with van der Waals surface area (Å²) in [5.41, 5.74) is 1.14. The van der Waals surface area contributed by atoms with Gasteiger partial charge >= 0.3 is 5.97 Å². The molecule has 0 radical (unpaired) electrons. The number of benzene rings is 1. The van der Waals surface area contributed by atoms with Gasteiger partial charge in [-0.25, -0.2) is 9.07 Å². The molecular weight excluding hydrogens is 251 g/mol. The van der Waals surface area contributed by atoms with Crippen LogP contribution in [0.4, 0.5) is 4.39 Å². The Kier molecular flexibility index (Phi) is 3.55. The first kappa shape index (κ1) is 13.1. The van der Waals surface area contributed by atoms with Crippen LogP contribution in [0.3, 0.4) is 0 Å². The molecule has 1 atom stereocenters.